The first-order valence-corrected chi connectivity index (χ1v) is 7.88. The number of hydrogen-bond acceptors (Lipinski definition) is 7. The van der Waals surface area contributed by atoms with E-state index >= 15 is 0 Å². The highest BCUT2D eigenvalue weighted by Crippen LogP contribution is 2.38. The van der Waals surface area contributed by atoms with Crippen molar-refractivity contribution < 1.29 is 9.45 Å². The van der Waals surface area contributed by atoms with Gasteiger partial charge in [0.1, 0.15) is 5.69 Å². The predicted molar refractivity (Wildman–Crippen MR) is 95.6 cm³/mol. The number of rotatable bonds is 4. The molecule has 2 N–H and O–H groups in total. The molecule has 1 aromatic carbocycles. The number of aromatic nitrogens is 4. The summed E-state index contributed by atoms with van der Waals surface area (Å²) in [4.78, 5) is 14.8. The maximum atomic E-state index is 10.8. The molecule has 10 heteroatoms. The number of nitro groups is 1. The third-order valence-electron chi connectivity index (χ3n) is 4.53. The molecule has 1 aliphatic rings. The van der Waals surface area contributed by atoms with Crippen molar-refractivity contribution in [3.05, 3.63) is 46.4 Å². The quantitative estimate of drug-likeness (QED) is 0.547. The summed E-state index contributed by atoms with van der Waals surface area (Å²) in [7, 11) is 1.78. The van der Waals surface area contributed by atoms with E-state index in [-0.39, 0.29) is 18.1 Å². The summed E-state index contributed by atoms with van der Waals surface area (Å²) >= 11 is 0. The fraction of sp³-hybridized carbons (Fsp3) is 0.312. The van der Waals surface area contributed by atoms with Gasteiger partial charge in [-0.15, -0.1) is 12.4 Å². The highest BCUT2D eigenvalue weighted by atomic mass is 35.5. The van der Waals surface area contributed by atoms with Gasteiger partial charge in [0.2, 0.25) is 0 Å². The van der Waals surface area contributed by atoms with Gasteiger partial charge < -0.3 is 10.3 Å². The van der Waals surface area contributed by atoms with Crippen molar-refractivity contribution in [3.63, 3.8) is 0 Å². The summed E-state index contributed by atoms with van der Waals surface area (Å²) in [5, 5.41) is 19.3. The smallest absolute Gasteiger partial charge is 0.269 e. The van der Waals surface area contributed by atoms with Crippen molar-refractivity contribution >= 4 is 18.1 Å². The highest BCUT2D eigenvalue weighted by Gasteiger charge is 2.39. The third kappa shape index (κ3) is 2.95. The Morgan fingerprint density at radius 1 is 1.31 bits per heavy atom. The van der Waals surface area contributed by atoms with Gasteiger partial charge in [0, 0.05) is 30.9 Å². The molecule has 0 atom stereocenters. The number of hydrogen-bond donors (Lipinski definition) is 1. The van der Waals surface area contributed by atoms with Crippen molar-refractivity contribution in [3.8, 4) is 22.7 Å². The summed E-state index contributed by atoms with van der Waals surface area (Å²) in [6, 6.07) is 6.18. The second kappa shape index (κ2) is 6.50. The lowest BCUT2D eigenvalue weighted by Crippen LogP contribution is -2.44. The van der Waals surface area contributed by atoms with E-state index in [1.54, 1.807) is 30.1 Å². The Bertz CT molecular complexity index is 945. The van der Waals surface area contributed by atoms with Crippen LogP contribution in [0.5, 0.6) is 0 Å². The molecule has 0 bridgehead atoms. The summed E-state index contributed by atoms with van der Waals surface area (Å²) in [5.74, 6) is 0.848. The van der Waals surface area contributed by atoms with Gasteiger partial charge in [-0.05, 0) is 31.4 Å². The molecular formula is C16H17ClN6O3. The monoisotopic (exact) mass is 376 g/mol. The number of halogens is 1. The van der Waals surface area contributed by atoms with Crippen LogP contribution in [0, 0.1) is 10.1 Å². The molecule has 4 rings (SSSR count). The number of benzene rings is 1. The van der Waals surface area contributed by atoms with Crippen LogP contribution in [0.2, 0.25) is 0 Å². The van der Waals surface area contributed by atoms with Crippen LogP contribution in [0.3, 0.4) is 0 Å². The van der Waals surface area contributed by atoms with Crippen LogP contribution < -0.4 is 5.73 Å². The maximum Gasteiger partial charge on any atom is 0.269 e. The van der Waals surface area contributed by atoms with Crippen molar-refractivity contribution in [1.29, 1.82) is 0 Å². The Morgan fingerprint density at radius 3 is 2.58 bits per heavy atom. The topological polar surface area (TPSA) is 126 Å². The fourth-order valence-corrected chi connectivity index (χ4v) is 2.92. The van der Waals surface area contributed by atoms with Crippen LogP contribution in [-0.2, 0) is 12.6 Å². The van der Waals surface area contributed by atoms with Crippen LogP contribution in [0.1, 0.15) is 25.1 Å². The second-order valence-corrected chi connectivity index (χ2v) is 6.30. The van der Waals surface area contributed by atoms with Crippen molar-refractivity contribution in [2.45, 2.75) is 24.8 Å². The Labute approximate surface area is 154 Å². The van der Waals surface area contributed by atoms with Gasteiger partial charge >= 0.3 is 0 Å². The molecule has 2 heterocycles. The summed E-state index contributed by atoms with van der Waals surface area (Å²) in [5.41, 5.74) is 7.78. The number of aryl methyl sites for hydroxylation is 1. The van der Waals surface area contributed by atoms with Gasteiger partial charge in [-0.25, -0.2) is 0 Å². The largest absolute Gasteiger partial charge is 0.334 e. The minimum absolute atomic E-state index is 0. The van der Waals surface area contributed by atoms with Crippen LogP contribution in [0.4, 0.5) is 5.69 Å². The molecule has 0 amide bonds. The lowest BCUT2D eigenvalue weighted by molar-refractivity contribution is -0.384. The summed E-state index contributed by atoms with van der Waals surface area (Å²) in [6.07, 6.45) is 4.52. The SMILES string of the molecule is Cl.Cn1cc(-c2nc(C3(N)CCC3)no2)c(-c2ccc([N+](=O)[O-])cc2)n1. The predicted octanol–water partition coefficient (Wildman–Crippen LogP) is 2.81. The first kappa shape index (κ1) is 18.0. The molecule has 136 valence electrons. The second-order valence-electron chi connectivity index (χ2n) is 6.30. The minimum Gasteiger partial charge on any atom is -0.334 e. The van der Waals surface area contributed by atoms with Gasteiger partial charge in [0.05, 0.1) is 16.0 Å². The van der Waals surface area contributed by atoms with Gasteiger partial charge in [-0.3, -0.25) is 14.8 Å². The van der Waals surface area contributed by atoms with E-state index < -0.39 is 10.5 Å². The zero-order chi connectivity index (χ0) is 17.6. The average Bonchev–Trinajstić information content (AvgIpc) is 3.19. The molecule has 0 saturated heterocycles. The molecule has 0 unspecified atom stereocenters. The minimum atomic E-state index is -0.502. The van der Waals surface area contributed by atoms with Crippen molar-refractivity contribution in [2.75, 3.05) is 0 Å². The number of non-ortho nitro benzene ring substituents is 1. The Morgan fingerprint density at radius 2 is 2.00 bits per heavy atom. The zero-order valence-electron chi connectivity index (χ0n) is 14.0. The number of nitrogens with zero attached hydrogens (tertiary/aromatic N) is 5. The fourth-order valence-electron chi connectivity index (χ4n) is 2.92. The molecule has 26 heavy (non-hydrogen) atoms. The van der Waals surface area contributed by atoms with Crippen LogP contribution >= 0.6 is 12.4 Å². The highest BCUT2D eigenvalue weighted by molar-refractivity contribution is 5.85. The van der Waals surface area contributed by atoms with Gasteiger partial charge in [0.25, 0.3) is 11.6 Å². The normalized spacial score (nSPS) is 15.2. The molecular weight excluding hydrogens is 360 g/mol. The molecule has 0 spiro atoms. The first-order valence-electron chi connectivity index (χ1n) is 7.88. The number of nitro benzene ring substituents is 1. The molecule has 1 fully saturated rings. The molecule has 3 aromatic rings. The lowest BCUT2D eigenvalue weighted by Gasteiger charge is -2.34. The van der Waals surface area contributed by atoms with E-state index in [4.69, 9.17) is 10.3 Å². The maximum absolute atomic E-state index is 10.8. The molecule has 9 nitrogen and oxygen atoms in total. The average molecular weight is 377 g/mol. The lowest BCUT2D eigenvalue weighted by atomic mass is 9.77. The number of nitrogens with two attached hydrogens (primary N) is 1. The molecule has 1 aliphatic carbocycles. The molecule has 1 saturated carbocycles. The van der Waals surface area contributed by atoms with Crippen LogP contribution in [0.25, 0.3) is 22.7 Å². The summed E-state index contributed by atoms with van der Waals surface area (Å²) < 4.78 is 7.04. The van der Waals surface area contributed by atoms with Gasteiger partial charge in [0.15, 0.2) is 5.82 Å². The standard InChI is InChI=1S/C16H16N6O3.ClH/c1-21-9-12(14-18-15(20-25-14)16(17)7-2-8-16)13(19-21)10-3-5-11(6-4-10)22(23)24;/h3-6,9H,2,7-8,17H2,1H3;1H. The van der Waals surface area contributed by atoms with E-state index in [2.05, 4.69) is 15.2 Å². The summed E-state index contributed by atoms with van der Waals surface area (Å²) in [6.45, 7) is 0. The van der Waals surface area contributed by atoms with Gasteiger partial charge in [-0.2, -0.15) is 10.1 Å². The van der Waals surface area contributed by atoms with E-state index in [1.807, 2.05) is 0 Å². The molecule has 0 aliphatic heterocycles. The molecule has 2 aromatic heterocycles. The van der Waals surface area contributed by atoms with Crippen LogP contribution in [0.15, 0.2) is 35.0 Å². The Kier molecular flexibility index (Phi) is 4.51. The Hall–Kier alpha value is -2.78. The van der Waals surface area contributed by atoms with Crippen molar-refractivity contribution in [2.24, 2.45) is 12.8 Å². The van der Waals surface area contributed by atoms with Crippen LogP contribution in [-0.4, -0.2) is 24.8 Å². The van der Waals surface area contributed by atoms with E-state index in [9.17, 15) is 10.1 Å². The zero-order valence-corrected chi connectivity index (χ0v) is 14.8. The van der Waals surface area contributed by atoms with E-state index in [0.29, 0.717) is 23.0 Å². The third-order valence-corrected chi connectivity index (χ3v) is 4.53. The first-order chi connectivity index (χ1) is 12.0. The van der Waals surface area contributed by atoms with Gasteiger partial charge in [-0.1, -0.05) is 5.16 Å². The molecule has 0 radical (unpaired) electrons. The van der Waals surface area contributed by atoms with E-state index in [0.717, 1.165) is 24.8 Å². The van der Waals surface area contributed by atoms with Crippen molar-refractivity contribution in [1.82, 2.24) is 19.9 Å². The Balaban J connectivity index is 0.00000196. The van der Waals surface area contributed by atoms with E-state index in [1.165, 1.54) is 12.1 Å².